The third-order valence-corrected chi connectivity index (χ3v) is 2.58. The number of rotatable bonds is 8. The highest BCUT2D eigenvalue weighted by molar-refractivity contribution is 7.98. The largest absolute Gasteiger partial charge is 0.480 e. The molecule has 17 heavy (non-hydrogen) atoms. The van der Waals surface area contributed by atoms with E-state index in [0.29, 0.717) is 18.7 Å². The highest BCUT2D eigenvalue weighted by Crippen LogP contribution is 2.03. The molecule has 0 aliphatic heterocycles. The molecule has 0 spiro atoms. The van der Waals surface area contributed by atoms with E-state index in [0.717, 1.165) is 5.75 Å². The van der Waals surface area contributed by atoms with Crippen LogP contribution in [0, 0.1) is 0 Å². The molecule has 0 aliphatic rings. The van der Waals surface area contributed by atoms with Crippen molar-refractivity contribution in [2.75, 3.05) is 18.6 Å². The highest BCUT2D eigenvalue weighted by Gasteiger charge is 2.16. The van der Waals surface area contributed by atoms with Gasteiger partial charge in [0.1, 0.15) is 6.04 Å². The number of carboxylic acids is 1. The van der Waals surface area contributed by atoms with Crippen molar-refractivity contribution >= 4 is 23.7 Å². The lowest BCUT2D eigenvalue weighted by atomic mass is 10.2. The van der Waals surface area contributed by atoms with Gasteiger partial charge in [-0.1, -0.05) is 0 Å². The lowest BCUT2D eigenvalue weighted by Crippen LogP contribution is -2.36. The maximum atomic E-state index is 11.1. The Kier molecular flexibility index (Phi) is 8.31. The highest BCUT2D eigenvalue weighted by atomic mass is 32.2. The van der Waals surface area contributed by atoms with Gasteiger partial charge in [-0.25, -0.2) is 9.59 Å². The average Bonchev–Trinajstić information content (AvgIpc) is 2.23. The summed E-state index contributed by atoms with van der Waals surface area (Å²) in [5, 5.41) is 11.8. The van der Waals surface area contributed by atoms with Crippen LogP contribution in [0.4, 0.5) is 0 Å². The van der Waals surface area contributed by atoms with Crippen LogP contribution in [0.15, 0.2) is 11.8 Å². The van der Waals surface area contributed by atoms with Crippen molar-refractivity contribution in [3.8, 4) is 0 Å². The maximum Gasteiger partial charge on any atom is 0.332 e. The van der Waals surface area contributed by atoms with Gasteiger partial charge in [0.2, 0.25) is 0 Å². The monoisotopic (exact) mass is 261 g/mol. The van der Waals surface area contributed by atoms with Crippen LogP contribution in [0.25, 0.3) is 0 Å². The number of thioether (sulfide) groups is 1. The molecule has 5 nitrogen and oxygen atoms in total. The van der Waals surface area contributed by atoms with E-state index in [9.17, 15) is 9.59 Å². The molecule has 0 aromatic rings. The molecule has 2 N–H and O–H groups in total. The van der Waals surface area contributed by atoms with Crippen LogP contribution in [0.5, 0.6) is 0 Å². The van der Waals surface area contributed by atoms with Gasteiger partial charge in [0.15, 0.2) is 0 Å². The van der Waals surface area contributed by atoms with E-state index in [1.54, 1.807) is 25.6 Å². The fourth-order valence-electron chi connectivity index (χ4n) is 1.17. The molecular weight excluding hydrogens is 242 g/mol. The number of esters is 1. The summed E-state index contributed by atoms with van der Waals surface area (Å²) in [5.41, 5.74) is 0.497. The molecule has 0 heterocycles. The Morgan fingerprint density at radius 2 is 2.18 bits per heavy atom. The summed E-state index contributed by atoms with van der Waals surface area (Å²) in [5.74, 6) is -0.640. The Hall–Kier alpha value is -1.17. The van der Waals surface area contributed by atoms with Gasteiger partial charge < -0.3 is 15.2 Å². The summed E-state index contributed by atoms with van der Waals surface area (Å²) in [7, 11) is 0. The van der Waals surface area contributed by atoms with Crippen LogP contribution < -0.4 is 5.32 Å². The first-order valence-electron chi connectivity index (χ1n) is 5.34. The van der Waals surface area contributed by atoms with Gasteiger partial charge in [-0.15, -0.1) is 0 Å². The Morgan fingerprint density at radius 1 is 1.53 bits per heavy atom. The van der Waals surface area contributed by atoms with E-state index in [1.807, 2.05) is 6.26 Å². The van der Waals surface area contributed by atoms with E-state index < -0.39 is 18.0 Å². The molecule has 6 heteroatoms. The number of aliphatic carboxylic acids is 1. The third-order valence-electron chi connectivity index (χ3n) is 1.93. The van der Waals surface area contributed by atoms with Gasteiger partial charge in [-0.2, -0.15) is 11.8 Å². The first-order valence-corrected chi connectivity index (χ1v) is 6.74. The summed E-state index contributed by atoms with van der Waals surface area (Å²) >= 11 is 1.58. The summed E-state index contributed by atoms with van der Waals surface area (Å²) in [6.45, 7) is 3.66. The van der Waals surface area contributed by atoms with Crippen LogP contribution in [0.2, 0.25) is 0 Å². The third kappa shape index (κ3) is 7.68. The summed E-state index contributed by atoms with van der Waals surface area (Å²) in [6, 6.07) is -0.673. The number of hydrogen-bond acceptors (Lipinski definition) is 5. The molecule has 1 atom stereocenters. The zero-order valence-corrected chi connectivity index (χ0v) is 11.2. The molecule has 0 bridgehead atoms. The normalized spacial score (nSPS) is 13.0. The number of allylic oxidation sites excluding steroid dienone is 1. The molecule has 0 saturated carbocycles. The first kappa shape index (κ1) is 15.8. The van der Waals surface area contributed by atoms with Crippen molar-refractivity contribution in [1.29, 1.82) is 0 Å². The zero-order valence-electron chi connectivity index (χ0n) is 10.4. The smallest absolute Gasteiger partial charge is 0.332 e. The second kappa shape index (κ2) is 8.92. The van der Waals surface area contributed by atoms with Crippen LogP contribution >= 0.6 is 11.8 Å². The minimum absolute atomic E-state index is 0.303. The Bertz CT molecular complexity index is 291. The SMILES string of the molecule is CCOC(=O)/C=C(\C)NC(CCSC)C(=O)O. The van der Waals surface area contributed by atoms with Crippen molar-refractivity contribution in [2.45, 2.75) is 26.3 Å². The summed E-state index contributed by atoms with van der Waals surface area (Å²) in [6.07, 6.45) is 3.68. The number of carboxylic acid groups (broad SMARTS) is 1. The molecule has 1 unspecified atom stereocenters. The molecule has 0 rings (SSSR count). The van der Waals surface area contributed by atoms with Crippen molar-refractivity contribution in [3.05, 3.63) is 11.8 Å². The maximum absolute atomic E-state index is 11.1. The Labute approximate surface area is 106 Å². The molecule has 0 aromatic heterocycles. The number of hydrogen-bond donors (Lipinski definition) is 2. The van der Waals surface area contributed by atoms with Gasteiger partial charge >= 0.3 is 11.9 Å². The van der Waals surface area contributed by atoms with Crippen molar-refractivity contribution in [1.82, 2.24) is 5.32 Å². The van der Waals surface area contributed by atoms with Crippen LogP contribution in [0.1, 0.15) is 20.3 Å². The molecule has 98 valence electrons. The van der Waals surface area contributed by atoms with Crippen molar-refractivity contribution in [2.24, 2.45) is 0 Å². The van der Waals surface area contributed by atoms with Crippen LogP contribution in [0.3, 0.4) is 0 Å². The van der Waals surface area contributed by atoms with Gasteiger partial charge in [0, 0.05) is 11.8 Å². The number of ether oxygens (including phenoxy) is 1. The Balaban J connectivity index is 4.33. The lowest BCUT2D eigenvalue weighted by Gasteiger charge is -2.15. The standard InChI is InChI=1S/C11H19NO4S/c1-4-16-10(13)7-8(2)12-9(11(14)15)5-6-17-3/h7,9,12H,4-6H2,1-3H3,(H,14,15)/b8-7+. The summed E-state index contributed by atoms with van der Waals surface area (Å²) in [4.78, 5) is 22.1. The quantitative estimate of drug-likeness (QED) is 0.506. The topological polar surface area (TPSA) is 75.6 Å². The number of nitrogens with one attached hydrogen (secondary N) is 1. The van der Waals surface area contributed by atoms with Crippen LogP contribution in [-0.4, -0.2) is 41.7 Å². The van der Waals surface area contributed by atoms with Crippen molar-refractivity contribution in [3.63, 3.8) is 0 Å². The van der Waals surface area contributed by atoms with Gasteiger partial charge in [0.05, 0.1) is 6.61 Å². The van der Waals surface area contributed by atoms with E-state index in [2.05, 4.69) is 5.32 Å². The van der Waals surface area contributed by atoms with E-state index in [-0.39, 0.29) is 0 Å². The van der Waals surface area contributed by atoms with E-state index in [1.165, 1.54) is 6.08 Å². The molecule has 0 aliphatic carbocycles. The second-order valence-electron chi connectivity index (χ2n) is 3.40. The fraction of sp³-hybridized carbons (Fsp3) is 0.636. The minimum Gasteiger partial charge on any atom is -0.480 e. The molecule has 0 saturated heterocycles. The summed E-state index contributed by atoms with van der Waals surface area (Å²) < 4.78 is 4.73. The van der Waals surface area contributed by atoms with E-state index in [4.69, 9.17) is 9.84 Å². The number of carbonyl (C=O) groups excluding carboxylic acids is 1. The minimum atomic E-state index is -0.921. The molecule has 0 aromatic carbocycles. The van der Waals surface area contributed by atoms with Gasteiger partial charge in [-0.3, -0.25) is 0 Å². The fourth-order valence-corrected chi connectivity index (χ4v) is 1.64. The molecule has 0 radical (unpaired) electrons. The molecular formula is C11H19NO4S. The predicted molar refractivity (Wildman–Crippen MR) is 67.9 cm³/mol. The van der Waals surface area contributed by atoms with Gasteiger partial charge in [-0.05, 0) is 32.3 Å². The zero-order chi connectivity index (χ0) is 13.3. The Morgan fingerprint density at radius 3 is 2.65 bits per heavy atom. The lowest BCUT2D eigenvalue weighted by molar-refractivity contribution is -0.140. The molecule has 0 amide bonds. The van der Waals surface area contributed by atoms with Crippen LogP contribution in [-0.2, 0) is 14.3 Å². The second-order valence-corrected chi connectivity index (χ2v) is 4.38. The van der Waals surface area contributed by atoms with E-state index >= 15 is 0 Å². The first-order chi connectivity index (χ1) is 8.01. The van der Waals surface area contributed by atoms with Crippen molar-refractivity contribution < 1.29 is 19.4 Å². The predicted octanol–water partition coefficient (Wildman–Crippen LogP) is 1.25. The average molecular weight is 261 g/mol. The van der Waals surface area contributed by atoms with Gasteiger partial charge in [0.25, 0.3) is 0 Å². The number of carbonyl (C=O) groups is 2. The molecule has 0 fully saturated rings.